The monoisotopic (exact) mass is 641 g/mol. The number of carbonyl (C=O) groups excluding carboxylic acids is 1. The summed E-state index contributed by atoms with van der Waals surface area (Å²) in [6.07, 6.45) is -3.18. The number of benzene rings is 2. The zero-order valence-electron chi connectivity index (χ0n) is 24.0. The molecule has 2 N–H and O–H groups in total. The van der Waals surface area contributed by atoms with Gasteiger partial charge in [-0.2, -0.15) is 22.7 Å². The van der Waals surface area contributed by atoms with Gasteiger partial charge in [-0.15, -0.1) is 5.10 Å². The van der Waals surface area contributed by atoms with Gasteiger partial charge in [0.2, 0.25) is 11.7 Å². The van der Waals surface area contributed by atoms with Crippen LogP contribution < -0.4 is 21.1 Å². The molecule has 1 saturated heterocycles. The third kappa shape index (κ3) is 5.12. The normalized spacial score (nSPS) is 15.3. The molecule has 0 atom stereocenters. The average molecular weight is 642 g/mol. The van der Waals surface area contributed by atoms with E-state index in [1.807, 2.05) is 30.0 Å². The van der Waals surface area contributed by atoms with Gasteiger partial charge in [0.1, 0.15) is 17.9 Å². The van der Waals surface area contributed by atoms with E-state index in [0.717, 1.165) is 23.5 Å². The predicted octanol–water partition coefficient (Wildman–Crippen LogP) is 4.62. The first-order valence-corrected chi connectivity index (χ1v) is 14.8. The number of halogens is 4. The average Bonchev–Trinajstić information content (AvgIpc) is 3.79. The first kappa shape index (κ1) is 29.3. The lowest BCUT2D eigenvalue weighted by molar-refractivity contribution is -0.136. The van der Waals surface area contributed by atoms with Crippen LogP contribution in [-0.4, -0.2) is 51.3 Å². The summed E-state index contributed by atoms with van der Waals surface area (Å²) in [7, 11) is 0. The van der Waals surface area contributed by atoms with Crippen LogP contribution in [0.25, 0.3) is 28.1 Å². The number of furan rings is 1. The van der Waals surface area contributed by atoms with Crippen molar-refractivity contribution in [2.75, 3.05) is 36.4 Å². The second-order valence-corrected chi connectivity index (χ2v) is 11.3. The molecule has 3 aromatic heterocycles. The van der Waals surface area contributed by atoms with E-state index in [0.29, 0.717) is 68.6 Å². The Hall–Kier alpha value is -4.40. The van der Waals surface area contributed by atoms with E-state index in [9.17, 15) is 22.8 Å². The lowest BCUT2D eigenvalue weighted by atomic mass is 10.1. The van der Waals surface area contributed by atoms with Crippen LogP contribution in [0.2, 0.25) is 5.02 Å². The Morgan fingerprint density at radius 1 is 1.13 bits per heavy atom. The molecule has 0 bridgehead atoms. The zero-order chi connectivity index (χ0) is 31.5. The van der Waals surface area contributed by atoms with Gasteiger partial charge in [-0.1, -0.05) is 30.7 Å². The molecule has 0 saturated carbocycles. The number of hydrogen-bond acceptors (Lipinski definition) is 8. The van der Waals surface area contributed by atoms with Crippen molar-refractivity contribution in [2.24, 2.45) is 0 Å². The largest absolute Gasteiger partial charge is 0.462 e. The number of nitrogens with zero attached hydrogens (tertiary/aromatic N) is 5. The molecule has 5 aromatic rings. The maximum atomic E-state index is 14.0. The summed E-state index contributed by atoms with van der Waals surface area (Å²) < 4.78 is 54.7. The molecule has 0 unspecified atom stereocenters. The Balaban J connectivity index is 1.33. The van der Waals surface area contributed by atoms with E-state index in [-0.39, 0.29) is 39.6 Å². The number of ether oxygens (including phenoxy) is 1. The topological polar surface area (TPSA) is 119 Å². The van der Waals surface area contributed by atoms with Crippen molar-refractivity contribution in [1.29, 1.82) is 0 Å². The molecular weight excluding hydrogens is 615 g/mol. The van der Waals surface area contributed by atoms with Crippen LogP contribution in [0.15, 0.2) is 45.8 Å². The highest BCUT2D eigenvalue weighted by atomic mass is 35.5. The Labute approximate surface area is 258 Å². The Bertz CT molecular complexity index is 2030. The predicted molar refractivity (Wildman–Crippen MR) is 160 cm³/mol. The van der Waals surface area contributed by atoms with Crippen molar-refractivity contribution in [3.8, 4) is 11.4 Å². The standard InChI is InChI=1S/C30H27ClF3N7O4/c1-2-22-25(39-8-6-35-7-9-39)28(43)41-29(37-27(38-41)16-3-4-17-14-44-15-18(17)11-16)40(22)13-23(42)36-24-21(31)12-20(30(32,33)34)19-5-10-45-26(19)24/h3-5,10-12,35H,2,6-9,13-15H2,1H3,(H,36,42). The number of nitrogens with one attached hydrogen (secondary N) is 2. The number of amides is 1. The van der Waals surface area contributed by atoms with Crippen LogP contribution in [-0.2, 0) is 41.9 Å². The van der Waals surface area contributed by atoms with Gasteiger partial charge in [-0.3, -0.25) is 9.59 Å². The van der Waals surface area contributed by atoms with Crippen molar-refractivity contribution >= 4 is 45.6 Å². The number of carbonyl (C=O) groups is 1. The summed E-state index contributed by atoms with van der Waals surface area (Å²) in [6, 6.07) is 7.67. The van der Waals surface area contributed by atoms with Crippen LogP contribution in [0.5, 0.6) is 0 Å². The van der Waals surface area contributed by atoms with Crippen LogP contribution in [0.1, 0.15) is 29.3 Å². The van der Waals surface area contributed by atoms with Gasteiger partial charge < -0.3 is 29.3 Å². The molecule has 5 heterocycles. The molecule has 7 rings (SSSR count). The number of hydrogen-bond donors (Lipinski definition) is 2. The summed E-state index contributed by atoms with van der Waals surface area (Å²) in [5.41, 5.74) is 2.15. The van der Waals surface area contributed by atoms with Gasteiger partial charge in [0.05, 0.1) is 35.8 Å². The van der Waals surface area contributed by atoms with Gasteiger partial charge >= 0.3 is 6.18 Å². The number of alkyl halides is 3. The highest BCUT2D eigenvalue weighted by molar-refractivity contribution is 6.35. The molecule has 45 heavy (non-hydrogen) atoms. The first-order valence-electron chi connectivity index (χ1n) is 14.4. The second-order valence-electron chi connectivity index (χ2n) is 10.9. The Morgan fingerprint density at radius 3 is 2.67 bits per heavy atom. The van der Waals surface area contributed by atoms with Crippen molar-refractivity contribution in [2.45, 2.75) is 39.3 Å². The fourth-order valence-corrected chi connectivity index (χ4v) is 6.27. The molecule has 0 spiro atoms. The SMILES string of the molecule is CCc1c(N2CCNCC2)c(=O)n2nc(-c3ccc4c(c3)COC4)nc2n1CC(=O)Nc1c(Cl)cc(C(F)(F)F)c2ccoc12. The van der Waals surface area contributed by atoms with Gasteiger partial charge in [0.15, 0.2) is 11.4 Å². The van der Waals surface area contributed by atoms with E-state index in [1.54, 1.807) is 4.57 Å². The van der Waals surface area contributed by atoms with E-state index < -0.39 is 17.6 Å². The lowest BCUT2D eigenvalue weighted by Crippen LogP contribution is -2.47. The highest BCUT2D eigenvalue weighted by Gasteiger charge is 2.35. The summed E-state index contributed by atoms with van der Waals surface area (Å²) in [4.78, 5) is 34.3. The summed E-state index contributed by atoms with van der Waals surface area (Å²) >= 11 is 6.26. The molecule has 2 aromatic carbocycles. The summed E-state index contributed by atoms with van der Waals surface area (Å²) in [5.74, 6) is -0.155. The molecular formula is C30H27ClF3N7O4. The van der Waals surface area contributed by atoms with Gasteiger partial charge in [0, 0.05) is 37.1 Å². The molecule has 11 nitrogen and oxygen atoms in total. The molecule has 1 fully saturated rings. The highest BCUT2D eigenvalue weighted by Crippen LogP contribution is 2.42. The maximum absolute atomic E-state index is 14.0. The number of anilines is 2. The number of aromatic nitrogens is 4. The van der Waals surface area contributed by atoms with E-state index in [2.05, 4.69) is 15.7 Å². The van der Waals surface area contributed by atoms with Crippen LogP contribution in [0.3, 0.4) is 0 Å². The second kappa shape index (κ2) is 11.2. The van der Waals surface area contributed by atoms with Crippen molar-refractivity contribution < 1.29 is 27.1 Å². The zero-order valence-corrected chi connectivity index (χ0v) is 24.8. The first-order chi connectivity index (χ1) is 21.6. The minimum Gasteiger partial charge on any atom is -0.462 e. The fourth-order valence-electron chi connectivity index (χ4n) is 6.02. The van der Waals surface area contributed by atoms with Crippen LogP contribution in [0, 0.1) is 0 Å². The summed E-state index contributed by atoms with van der Waals surface area (Å²) in [6.45, 7) is 5.03. The molecule has 1 amide bonds. The van der Waals surface area contributed by atoms with E-state index in [4.69, 9.17) is 25.7 Å². The van der Waals surface area contributed by atoms with Crippen LogP contribution in [0.4, 0.5) is 24.5 Å². The third-order valence-corrected chi connectivity index (χ3v) is 8.44. The van der Waals surface area contributed by atoms with Gasteiger partial charge in [-0.25, -0.2) is 0 Å². The molecule has 234 valence electrons. The number of piperazine rings is 1. The van der Waals surface area contributed by atoms with Gasteiger partial charge in [-0.05, 0) is 35.7 Å². The van der Waals surface area contributed by atoms with E-state index >= 15 is 0 Å². The molecule has 15 heteroatoms. The van der Waals surface area contributed by atoms with Crippen molar-refractivity contribution in [3.05, 3.63) is 74.4 Å². The molecule has 2 aliphatic heterocycles. The minimum atomic E-state index is -4.68. The Morgan fingerprint density at radius 2 is 1.91 bits per heavy atom. The molecule has 0 radical (unpaired) electrons. The number of rotatable bonds is 6. The van der Waals surface area contributed by atoms with E-state index in [1.165, 1.54) is 10.6 Å². The summed E-state index contributed by atoms with van der Waals surface area (Å²) in [5, 5.41) is 9.94. The van der Waals surface area contributed by atoms with Crippen molar-refractivity contribution in [1.82, 2.24) is 24.5 Å². The lowest BCUT2D eigenvalue weighted by Gasteiger charge is -2.31. The Kier molecular flexibility index (Phi) is 7.29. The minimum absolute atomic E-state index is 0.0883. The smallest absolute Gasteiger partial charge is 0.417 e. The van der Waals surface area contributed by atoms with Crippen molar-refractivity contribution in [3.63, 3.8) is 0 Å². The van der Waals surface area contributed by atoms with Gasteiger partial charge in [0.25, 0.3) is 5.56 Å². The van der Waals surface area contributed by atoms with Crippen LogP contribution >= 0.6 is 11.6 Å². The maximum Gasteiger partial charge on any atom is 0.417 e. The quantitative estimate of drug-likeness (QED) is 0.276. The number of fused-ring (bicyclic) bond motifs is 3. The molecule has 2 aliphatic rings. The molecule has 0 aliphatic carbocycles. The third-order valence-electron chi connectivity index (χ3n) is 8.14. The fraction of sp³-hybridized carbons (Fsp3) is 0.333.